The molecule has 0 aromatic heterocycles. The molecule has 0 amide bonds. The van der Waals surface area contributed by atoms with Crippen LogP contribution in [0.15, 0.2) is 30.3 Å². The standard InChI is InChI=1S/C8H7ClO2.C5H11N.BH4.Na/c9-8(10)11-6-7-4-2-1-3-5-7;1-2-4-6-5-3-1;;/h1-5H,6H2;6H,1-5H2;1H4;/q;;-1;+1. The summed E-state index contributed by atoms with van der Waals surface area (Å²) in [4.78, 5) is 10.2. The molecule has 1 aliphatic rings. The predicted molar refractivity (Wildman–Crippen MR) is 80.5 cm³/mol. The summed E-state index contributed by atoms with van der Waals surface area (Å²) in [6, 6.07) is 9.36. The molecule has 1 aromatic rings. The van der Waals surface area contributed by atoms with Gasteiger partial charge in [-0.3, -0.25) is 0 Å². The van der Waals surface area contributed by atoms with Crippen LogP contribution in [0.4, 0.5) is 4.79 Å². The van der Waals surface area contributed by atoms with E-state index in [1.54, 1.807) is 0 Å². The zero-order chi connectivity index (χ0) is 12.3. The molecule has 1 N–H and O–H groups in total. The van der Waals surface area contributed by atoms with Crippen molar-refractivity contribution in [1.82, 2.24) is 5.32 Å². The van der Waals surface area contributed by atoms with Gasteiger partial charge in [0.25, 0.3) is 0 Å². The summed E-state index contributed by atoms with van der Waals surface area (Å²) in [6.45, 7) is 2.74. The molecule has 19 heavy (non-hydrogen) atoms. The molecule has 1 fully saturated rings. The van der Waals surface area contributed by atoms with Crippen LogP contribution in [0.25, 0.3) is 0 Å². The number of carbonyl (C=O) groups excluding carboxylic acids is 1. The van der Waals surface area contributed by atoms with Crippen LogP contribution in [0.1, 0.15) is 24.8 Å². The van der Waals surface area contributed by atoms with Crippen LogP contribution in [-0.2, 0) is 11.3 Å². The molecule has 0 spiro atoms. The van der Waals surface area contributed by atoms with Gasteiger partial charge in [0.05, 0.1) is 0 Å². The van der Waals surface area contributed by atoms with Crippen molar-refractivity contribution in [2.24, 2.45) is 0 Å². The molecule has 0 atom stereocenters. The van der Waals surface area contributed by atoms with Crippen molar-refractivity contribution >= 4 is 25.4 Å². The summed E-state index contributed by atoms with van der Waals surface area (Å²) in [5.41, 5.74) is 0.162. The summed E-state index contributed by atoms with van der Waals surface area (Å²) in [5, 5.41) is 3.28. The fourth-order valence-corrected chi connectivity index (χ4v) is 1.57. The molecular weight excluding hydrogens is 271 g/mol. The number of rotatable bonds is 2. The van der Waals surface area contributed by atoms with Gasteiger partial charge >= 0.3 is 35.0 Å². The molecule has 2 rings (SSSR count). The average molecular weight is 294 g/mol. The first-order valence-corrected chi connectivity index (χ1v) is 6.24. The third-order valence-corrected chi connectivity index (χ3v) is 2.51. The van der Waals surface area contributed by atoms with Crippen molar-refractivity contribution < 1.29 is 39.1 Å². The summed E-state index contributed by atoms with van der Waals surface area (Å²) in [7, 11) is 0. The Balaban J connectivity index is 0. The summed E-state index contributed by atoms with van der Waals surface area (Å²) >= 11 is 4.97. The minimum atomic E-state index is -0.770. The summed E-state index contributed by atoms with van der Waals surface area (Å²) in [5.74, 6) is 0. The Morgan fingerprint density at radius 1 is 1.16 bits per heavy atom. The van der Waals surface area contributed by atoms with Gasteiger partial charge in [-0.1, -0.05) is 45.2 Å². The van der Waals surface area contributed by atoms with Gasteiger partial charge in [0.2, 0.25) is 0 Å². The Labute approximate surface area is 144 Å². The Hall–Kier alpha value is 0.00494. The topological polar surface area (TPSA) is 38.3 Å². The molecule has 1 saturated heterocycles. The molecule has 1 aliphatic heterocycles. The van der Waals surface area contributed by atoms with E-state index in [1.807, 2.05) is 30.3 Å². The van der Waals surface area contributed by atoms with Crippen molar-refractivity contribution in [3.8, 4) is 0 Å². The van der Waals surface area contributed by atoms with Gasteiger partial charge in [-0.25, -0.2) is 4.79 Å². The number of benzene rings is 1. The third kappa shape index (κ3) is 12.8. The number of hydrogen-bond donors (Lipinski definition) is 1. The molecule has 6 heteroatoms. The maximum absolute atomic E-state index is 10.2. The van der Waals surface area contributed by atoms with E-state index in [9.17, 15) is 4.79 Å². The van der Waals surface area contributed by atoms with E-state index >= 15 is 0 Å². The summed E-state index contributed by atoms with van der Waals surface area (Å²) in [6.07, 6.45) is 4.22. The molecular formula is C13H22BClNNaO2. The number of hydrogen-bond acceptors (Lipinski definition) is 3. The van der Waals surface area contributed by atoms with Gasteiger partial charge in [0.15, 0.2) is 0 Å². The van der Waals surface area contributed by atoms with E-state index in [0.717, 1.165) is 5.56 Å². The summed E-state index contributed by atoms with van der Waals surface area (Å²) < 4.78 is 4.55. The van der Waals surface area contributed by atoms with Crippen LogP contribution in [0.3, 0.4) is 0 Å². The van der Waals surface area contributed by atoms with Crippen molar-refractivity contribution in [3.05, 3.63) is 35.9 Å². The molecule has 0 saturated carbocycles. The van der Waals surface area contributed by atoms with E-state index in [2.05, 4.69) is 10.1 Å². The Morgan fingerprint density at radius 2 is 1.74 bits per heavy atom. The molecule has 1 aromatic carbocycles. The van der Waals surface area contributed by atoms with Gasteiger partial charge in [-0.2, -0.15) is 0 Å². The Morgan fingerprint density at radius 3 is 2.11 bits per heavy atom. The van der Waals surface area contributed by atoms with E-state index in [1.165, 1.54) is 32.4 Å². The second-order valence-corrected chi connectivity index (χ2v) is 4.13. The monoisotopic (exact) mass is 293 g/mol. The first-order valence-electron chi connectivity index (χ1n) is 5.86. The van der Waals surface area contributed by atoms with Crippen molar-refractivity contribution in [1.29, 1.82) is 0 Å². The number of ether oxygens (including phenoxy) is 1. The van der Waals surface area contributed by atoms with Crippen molar-refractivity contribution in [3.63, 3.8) is 0 Å². The largest absolute Gasteiger partial charge is 1.00 e. The molecule has 0 radical (unpaired) electrons. The van der Waals surface area contributed by atoms with Crippen LogP contribution in [-0.4, -0.2) is 26.9 Å². The first kappa shape index (κ1) is 21.3. The van der Waals surface area contributed by atoms with Crippen LogP contribution in [0, 0.1) is 0 Å². The van der Waals surface area contributed by atoms with Gasteiger partial charge in [0.1, 0.15) is 6.61 Å². The molecule has 0 unspecified atom stereocenters. The van der Waals surface area contributed by atoms with E-state index in [4.69, 9.17) is 11.6 Å². The van der Waals surface area contributed by atoms with Crippen LogP contribution in [0.5, 0.6) is 0 Å². The fourth-order valence-electron chi connectivity index (χ4n) is 1.52. The Kier molecular flexibility index (Phi) is 16.2. The Bertz CT molecular complexity index is 312. The van der Waals surface area contributed by atoms with Gasteiger partial charge in [-0.05, 0) is 31.5 Å². The van der Waals surface area contributed by atoms with E-state index < -0.39 is 5.43 Å². The van der Waals surface area contributed by atoms with Gasteiger partial charge in [-0.15, -0.1) is 0 Å². The smallest absolute Gasteiger partial charge is 0.449 e. The van der Waals surface area contributed by atoms with E-state index in [0.29, 0.717) is 0 Å². The molecule has 3 nitrogen and oxygen atoms in total. The molecule has 1 heterocycles. The number of carbonyl (C=O) groups is 1. The molecule has 102 valence electrons. The third-order valence-electron chi connectivity index (χ3n) is 2.40. The second kappa shape index (κ2) is 14.4. The first-order chi connectivity index (χ1) is 8.29. The minimum absolute atomic E-state index is 0. The maximum atomic E-state index is 10.2. The number of halogens is 1. The average Bonchev–Trinajstić information content (AvgIpc) is 2.40. The minimum Gasteiger partial charge on any atom is -0.449 e. The number of piperidine rings is 1. The van der Waals surface area contributed by atoms with Crippen LogP contribution in [0.2, 0.25) is 0 Å². The fraction of sp³-hybridized carbons (Fsp3) is 0.462. The maximum Gasteiger partial charge on any atom is 1.00 e. The SMILES string of the molecule is C1CCNCC1.O=C(Cl)OCc1ccccc1.[BH4-].[Na+]. The zero-order valence-corrected chi connectivity index (χ0v) is 13.6. The quantitative estimate of drug-likeness (QED) is 0.554. The van der Waals surface area contributed by atoms with Crippen molar-refractivity contribution in [2.45, 2.75) is 25.9 Å². The van der Waals surface area contributed by atoms with Crippen LogP contribution >= 0.6 is 11.6 Å². The van der Waals surface area contributed by atoms with Crippen LogP contribution < -0.4 is 34.9 Å². The molecule has 0 aliphatic carbocycles. The van der Waals surface area contributed by atoms with E-state index in [-0.39, 0.29) is 44.6 Å². The van der Waals surface area contributed by atoms with Gasteiger partial charge < -0.3 is 10.1 Å². The van der Waals surface area contributed by atoms with Crippen molar-refractivity contribution in [2.75, 3.05) is 13.1 Å². The molecule has 0 bridgehead atoms. The normalized spacial score (nSPS) is 12.9. The second-order valence-electron chi connectivity index (χ2n) is 3.82. The number of nitrogens with one attached hydrogen (secondary N) is 1. The predicted octanol–water partition coefficient (Wildman–Crippen LogP) is -1.13. The zero-order valence-electron chi connectivity index (χ0n) is 10.8. The van der Waals surface area contributed by atoms with Gasteiger partial charge in [0, 0.05) is 11.6 Å².